The van der Waals surface area contributed by atoms with E-state index in [1.165, 1.54) is 73.0 Å². The Kier molecular flexibility index (Phi) is 27.1. The van der Waals surface area contributed by atoms with Gasteiger partial charge in [-0.25, -0.2) is 54.1 Å². The SMILES string of the molecule is CC(C)c1c(-c2nc(-c3cc(F)ccc3F)no2)nnn1-c1ccccc1F.COCc1c(-c2nc(-c3ccc4[nH]ccc4c3)no2)nnn1-c1ccccc1F.COc1ccccc1-c1noc(-c2nnn(-c3ccccc3F)c2-c2ccccn2)n1.Fc1ccccc1-n1nnc(-c2nc(-c3ccncc3)no2)c1-c1ccccn1.Oc1ccc(-c2noc(-c3nnn(-c4ccccc4F)c3-c3ccncc3)n2)cc1. The van der Waals surface area contributed by atoms with Gasteiger partial charge in [0.25, 0.3) is 29.5 Å². The van der Waals surface area contributed by atoms with Crippen LogP contribution in [0.1, 0.15) is 31.2 Å². The van der Waals surface area contributed by atoms with Crippen molar-refractivity contribution in [1.82, 2.24) is 151 Å². The zero-order chi connectivity index (χ0) is 101. The van der Waals surface area contributed by atoms with E-state index < -0.39 is 40.7 Å². The largest absolute Gasteiger partial charge is 0.508 e. The molecule has 38 nitrogen and oxygen atoms in total. The Hall–Kier alpha value is -20.4. The summed E-state index contributed by atoms with van der Waals surface area (Å²) in [7, 11) is 3.10. The number of hydrogen-bond donors (Lipinski definition) is 2. The van der Waals surface area contributed by atoms with Crippen LogP contribution in [0.4, 0.5) is 30.7 Å². The minimum atomic E-state index is -0.687. The van der Waals surface area contributed by atoms with Gasteiger partial charge in [-0.05, 0) is 194 Å². The first-order valence-electron chi connectivity index (χ1n) is 44.3. The number of aromatic nitrogens is 30. The van der Waals surface area contributed by atoms with E-state index in [0.29, 0.717) is 103 Å². The molecule has 9 aromatic carbocycles. The van der Waals surface area contributed by atoms with Gasteiger partial charge in [-0.1, -0.05) is 151 Å². The number of benzene rings is 9. The molecule has 15 aromatic heterocycles. The summed E-state index contributed by atoms with van der Waals surface area (Å²) < 4.78 is 144. The average molecular weight is 1980 g/mol. The molecule has 0 aliphatic heterocycles. The molecule has 0 bridgehead atoms. The van der Waals surface area contributed by atoms with Gasteiger partial charge in [0.05, 0.1) is 41.9 Å². The third-order valence-corrected chi connectivity index (χ3v) is 22.0. The molecule has 2 N–H and O–H groups in total. The fourth-order valence-electron chi connectivity index (χ4n) is 15.2. The highest BCUT2D eigenvalue weighted by Crippen LogP contribution is 2.40. The first-order valence-corrected chi connectivity index (χ1v) is 44.3. The lowest BCUT2D eigenvalue weighted by atomic mass is 10.1. The number of fused-ring (bicyclic) bond motifs is 1. The summed E-state index contributed by atoms with van der Waals surface area (Å²) in [5, 5.41) is 71.7. The maximum Gasteiger partial charge on any atom is 0.281 e. The fourth-order valence-corrected chi connectivity index (χ4v) is 15.2. The van der Waals surface area contributed by atoms with Crippen LogP contribution in [0.5, 0.6) is 11.5 Å². The summed E-state index contributed by atoms with van der Waals surface area (Å²) >= 11 is 0. The van der Waals surface area contributed by atoms with Crippen LogP contribution in [0.15, 0.2) is 339 Å². The number of pyridine rings is 4. The maximum atomic E-state index is 14.5. The molecule has 0 saturated heterocycles. The Bertz CT molecular complexity index is 8710. The van der Waals surface area contributed by atoms with Gasteiger partial charge in [0.2, 0.25) is 29.1 Å². The van der Waals surface area contributed by atoms with Gasteiger partial charge in [-0.2, -0.15) is 24.9 Å². The van der Waals surface area contributed by atoms with E-state index >= 15 is 0 Å². The van der Waals surface area contributed by atoms with Crippen molar-refractivity contribution in [3.63, 3.8) is 0 Å². The first kappa shape index (κ1) is 94.2. The van der Waals surface area contributed by atoms with Crippen LogP contribution in [-0.2, 0) is 11.3 Å². The van der Waals surface area contributed by atoms with Crippen LogP contribution in [0.25, 0.3) is 188 Å². The second-order valence-electron chi connectivity index (χ2n) is 31.6. The zero-order valence-electron chi connectivity index (χ0n) is 76.7. The van der Waals surface area contributed by atoms with Crippen molar-refractivity contribution in [3.05, 3.63) is 368 Å². The average Bonchev–Trinajstić information content (AvgIpc) is 1.63. The molecule has 24 aromatic rings. The van der Waals surface area contributed by atoms with Crippen LogP contribution in [-0.4, -0.2) is 170 Å². The van der Waals surface area contributed by atoms with Crippen LogP contribution in [0.3, 0.4) is 0 Å². The van der Waals surface area contributed by atoms with E-state index in [2.05, 4.69) is 127 Å². The lowest BCUT2D eigenvalue weighted by molar-refractivity contribution is 0.179. The highest BCUT2D eigenvalue weighted by atomic mass is 19.2. The fraction of sp³-hybridized carbons (Fsp3) is 0.0588. The Morgan fingerprint density at radius 1 is 0.340 bits per heavy atom. The molecule has 24 rings (SSSR count). The third-order valence-electron chi connectivity index (χ3n) is 22.0. The predicted molar refractivity (Wildman–Crippen MR) is 513 cm³/mol. The topological polar surface area (TPSA) is 454 Å². The monoisotopic (exact) mass is 1970 g/mol. The van der Waals surface area contributed by atoms with Gasteiger partial charge in [-0.3, -0.25) is 19.9 Å². The Balaban J connectivity index is 0.000000112. The van der Waals surface area contributed by atoms with Crippen LogP contribution >= 0.6 is 0 Å². The van der Waals surface area contributed by atoms with E-state index in [-0.39, 0.29) is 98.9 Å². The minimum absolute atomic E-state index is 0.0232. The summed E-state index contributed by atoms with van der Waals surface area (Å²) in [6, 6.07) is 73.6. The number of para-hydroxylation sites is 6. The number of ether oxygens (including phenoxy) is 2. The van der Waals surface area contributed by atoms with Crippen molar-refractivity contribution in [1.29, 1.82) is 0 Å². The summed E-state index contributed by atoms with van der Waals surface area (Å²) in [6.07, 6.45) is 11.6. The van der Waals surface area contributed by atoms with Crippen molar-refractivity contribution in [3.8, 4) is 189 Å². The number of rotatable bonds is 22. The highest BCUT2D eigenvalue weighted by molar-refractivity contribution is 5.84. The molecule has 0 radical (unpaired) electrons. The second kappa shape index (κ2) is 42.3. The number of phenolic OH excluding ortho intramolecular Hbond substituents is 1. The molecule has 0 aliphatic rings. The molecule has 0 spiro atoms. The Morgan fingerprint density at radius 3 is 1.23 bits per heavy atom. The molecule has 0 aliphatic carbocycles. The number of halogens is 7. The number of nitrogens with zero attached hydrogens (tertiary/aromatic N) is 29. The summed E-state index contributed by atoms with van der Waals surface area (Å²) in [6.45, 7) is 3.90. The first-order chi connectivity index (χ1) is 72.0. The Morgan fingerprint density at radius 2 is 0.735 bits per heavy atom. The second-order valence-corrected chi connectivity index (χ2v) is 31.6. The molecule has 15 heterocycles. The van der Waals surface area contributed by atoms with E-state index in [9.17, 15) is 35.8 Å². The lowest BCUT2D eigenvalue weighted by Gasteiger charge is -2.10. The quantitative estimate of drug-likeness (QED) is 0.0595. The normalized spacial score (nSPS) is 11.1. The number of nitrogens with one attached hydrogen (secondary N) is 1. The molecule has 45 heteroatoms. The molecule has 0 unspecified atom stereocenters. The number of hydrogen-bond acceptors (Lipinski definition) is 32. The van der Waals surface area contributed by atoms with Crippen LogP contribution in [0, 0.1) is 40.7 Å². The molecule has 0 amide bonds. The molecular formula is C102H69F7N30O8. The standard InChI is InChI=1S/C22H15FN6O2.C21H13FN6O2.C20H12FN7O.C20H15FN6O2.C19H14F3N5O/c1-30-18-12-5-2-8-14(18)21-25-22(31-27-21)19-20(16-10-6-7-13-24-16)29(28-26-19)17-11-4-3-9-15(17)23;22-16-3-1-2-4-17(16)28-19(13-9-11-23-12-10-13)18(25-27-28)21-24-20(26-30-21)14-5-7-15(29)8-6-14;21-14-5-1-2-7-16(14)28-18(15-6-3-4-10-23-15)17(25-27-28)20-24-19(26-29-20)13-8-11-22-12-9-13;1-28-11-17-18(24-26-27(17)16-5-3-2-4-14(16)21)20-23-19(25-29-20)13-6-7-15-12(10-13)8-9-22-15;1-10(2)17-16(24-26-27(17)15-6-4-3-5-14(15)22)19-23-18(25-28-19)12-9-11(20)7-8-13(12)21/h2-13H,1H3;1-12,29H;1-12H;2-10,22H,11H2,1H3;3-10H,1-2H3. The smallest absolute Gasteiger partial charge is 0.281 e. The maximum absolute atomic E-state index is 14.5. The van der Waals surface area contributed by atoms with Gasteiger partial charge >= 0.3 is 0 Å². The van der Waals surface area contributed by atoms with E-state index in [0.717, 1.165) is 40.2 Å². The number of phenols is 1. The Labute approximate surface area is 823 Å². The van der Waals surface area contributed by atoms with Gasteiger partial charge in [0.15, 0.2) is 28.5 Å². The minimum Gasteiger partial charge on any atom is -0.508 e. The number of aromatic amines is 1. The molecule has 724 valence electrons. The predicted octanol–water partition coefficient (Wildman–Crippen LogP) is 19.9. The van der Waals surface area contributed by atoms with Crippen LogP contribution in [0.2, 0.25) is 0 Å². The van der Waals surface area contributed by atoms with Crippen molar-refractivity contribution in [2.24, 2.45) is 0 Å². The number of methoxy groups -OCH3 is 2. The van der Waals surface area contributed by atoms with Crippen molar-refractivity contribution in [2.75, 3.05) is 14.2 Å². The molecule has 0 atom stereocenters. The van der Waals surface area contributed by atoms with Gasteiger partial charge in [-0.15, -0.1) is 25.5 Å². The lowest BCUT2D eigenvalue weighted by Crippen LogP contribution is -2.06. The van der Waals surface area contributed by atoms with E-state index in [4.69, 9.17) is 32.1 Å². The van der Waals surface area contributed by atoms with E-state index in [1.54, 1.807) is 202 Å². The van der Waals surface area contributed by atoms with Crippen molar-refractivity contribution in [2.45, 2.75) is 26.4 Å². The molecule has 0 saturated carbocycles. The molecular weight excluding hydrogens is 1910 g/mol. The summed E-state index contributed by atoms with van der Waals surface area (Å²) in [5.74, 6) is -0.999. The number of H-pyrrole nitrogens is 1. The van der Waals surface area contributed by atoms with E-state index in [1.807, 2.05) is 74.6 Å². The third kappa shape index (κ3) is 19.9. The van der Waals surface area contributed by atoms with Crippen molar-refractivity contribution < 1.29 is 67.9 Å². The summed E-state index contributed by atoms with van der Waals surface area (Å²) in [5.41, 5.74) is 10.6. The van der Waals surface area contributed by atoms with Crippen molar-refractivity contribution >= 4 is 10.9 Å². The van der Waals surface area contributed by atoms with Gasteiger partial charge in [0.1, 0.15) is 103 Å². The van der Waals surface area contributed by atoms with Gasteiger partial charge in [0, 0.05) is 83.6 Å². The van der Waals surface area contributed by atoms with Gasteiger partial charge < -0.3 is 42.2 Å². The number of aromatic hydroxyl groups is 1. The highest BCUT2D eigenvalue weighted by Gasteiger charge is 2.32. The zero-order valence-corrected chi connectivity index (χ0v) is 76.7. The van der Waals surface area contributed by atoms with Crippen LogP contribution < -0.4 is 4.74 Å². The molecule has 0 fully saturated rings. The summed E-state index contributed by atoms with van der Waals surface area (Å²) in [4.78, 5) is 41.8. The molecule has 147 heavy (non-hydrogen) atoms.